The molecule has 7 nitrogen and oxygen atoms in total. The van der Waals surface area contributed by atoms with Crippen molar-refractivity contribution in [3.05, 3.63) is 47.5 Å². The summed E-state index contributed by atoms with van der Waals surface area (Å²) < 4.78 is 27.3. The van der Waals surface area contributed by atoms with E-state index in [4.69, 9.17) is 11.6 Å². The Labute approximate surface area is 184 Å². The molecule has 0 bridgehead atoms. The fourth-order valence-electron chi connectivity index (χ4n) is 3.50. The predicted molar refractivity (Wildman–Crippen MR) is 118 cm³/mol. The highest BCUT2D eigenvalue weighted by Gasteiger charge is 2.31. The quantitative estimate of drug-likeness (QED) is 0.732. The van der Waals surface area contributed by atoms with E-state index >= 15 is 0 Å². The van der Waals surface area contributed by atoms with Crippen molar-refractivity contribution in [2.75, 3.05) is 35.6 Å². The number of thioether (sulfide) groups is 1. The van der Waals surface area contributed by atoms with Gasteiger partial charge in [0.25, 0.3) is 0 Å². The molecule has 1 saturated heterocycles. The minimum Gasteiger partial charge on any atom is -0.324 e. The number of benzene rings is 2. The lowest BCUT2D eigenvalue weighted by atomic mass is 10.2. The Hall–Kier alpha value is -2.07. The molecule has 0 radical (unpaired) electrons. The lowest BCUT2D eigenvalue weighted by Gasteiger charge is -2.29. The normalized spacial score (nSPS) is 17.1. The van der Waals surface area contributed by atoms with Crippen molar-refractivity contribution in [1.82, 2.24) is 4.31 Å². The van der Waals surface area contributed by atoms with Gasteiger partial charge in [-0.2, -0.15) is 4.31 Å². The Morgan fingerprint density at radius 2 is 1.90 bits per heavy atom. The molecule has 2 heterocycles. The van der Waals surface area contributed by atoms with Crippen molar-refractivity contribution < 1.29 is 18.0 Å². The van der Waals surface area contributed by atoms with Gasteiger partial charge >= 0.3 is 0 Å². The molecule has 0 aliphatic carbocycles. The second-order valence-corrected chi connectivity index (χ2v) is 10.5. The third-order valence-electron chi connectivity index (χ3n) is 4.99. The molecule has 2 aliphatic heterocycles. The van der Waals surface area contributed by atoms with Crippen LogP contribution in [-0.4, -0.2) is 49.9 Å². The van der Waals surface area contributed by atoms with Gasteiger partial charge in [-0.15, -0.1) is 11.8 Å². The van der Waals surface area contributed by atoms with Gasteiger partial charge in [-0.1, -0.05) is 17.7 Å². The average molecular weight is 466 g/mol. The minimum atomic E-state index is -3.62. The van der Waals surface area contributed by atoms with Crippen molar-refractivity contribution >= 4 is 56.6 Å². The number of halogens is 1. The van der Waals surface area contributed by atoms with Gasteiger partial charge in [0.15, 0.2) is 0 Å². The number of rotatable bonds is 5. The van der Waals surface area contributed by atoms with Crippen LogP contribution in [0.15, 0.2) is 52.3 Å². The first-order valence-electron chi connectivity index (χ1n) is 9.47. The standard InChI is InChI=1S/C20H20ClN3O4S2/c21-14-4-3-5-15(10-14)22-19(25)12-24-17-11-16(6-7-18(17)29-13-20(24)26)30(27,28)23-8-1-2-9-23/h3-7,10-11H,1-2,8-9,12-13H2,(H,22,25). The van der Waals surface area contributed by atoms with Crippen LogP contribution in [0.5, 0.6) is 0 Å². The largest absolute Gasteiger partial charge is 0.324 e. The summed E-state index contributed by atoms with van der Waals surface area (Å²) in [6, 6.07) is 11.5. The molecule has 0 saturated carbocycles. The van der Waals surface area contributed by atoms with Gasteiger partial charge in [-0.05, 0) is 49.2 Å². The summed E-state index contributed by atoms with van der Waals surface area (Å²) in [5, 5.41) is 3.21. The molecule has 1 fully saturated rings. The summed E-state index contributed by atoms with van der Waals surface area (Å²) in [7, 11) is -3.62. The van der Waals surface area contributed by atoms with Crippen molar-refractivity contribution in [1.29, 1.82) is 0 Å². The molecule has 0 aromatic heterocycles. The number of fused-ring (bicyclic) bond motifs is 1. The molecule has 0 unspecified atom stereocenters. The zero-order valence-corrected chi connectivity index (χ0v) is 18.4. The number of hydrogen-bond acceptors (Lipinski definition) is 5. The summed E-state index contributed by atoms with van der Waals surface area (Å²) in [4.78, 5) is 27.4. The fraction of sp³-hybridized carbons (Fsp3) is 0.300. The van der Waals surface area contributed by atoms with Crippen LogP contribution in [0.3, 0.4) is 0 Å². The number of sulfonamides is 1. The van der Waals surface area contributed by atoms with E-state index in [0.29, 0.717) is 29.5 Å². The maximum atomic E-state index is 12.9. The molecule has 4 rings (SSSR count). The van der Waals surface area contributed by atoms with Crippen LogP contribution in [0.4, 0.5) is 11.4 Å². The highest BCUT2D eigenvalue weighted by atomic mass is 35.5. The second kappa shape index (κ2) is 8.58. The summed E-state index contributed by atoms with van der Waals surface area (Å²) >= 11 is 7.28. The van der Waals surface area contributed by atoms with Crippen molar-refractivity contribution in [3.63, 3.8) is 0 Å². The van der Waals surface area contributed by atoms with Gasteiger partial charge in [-0.25, -0.2) is 8.42 Å². The molecule has 2 aromatic carbocycles. The third kappa shape index (κ3) is 4.34. The van der Waals surface area contributed by atoms with E-state index in [0.717, 1.165) is 17.7 Å². The van der Waals surface area contributed by atoms with Crippen LogP contribution < -0.4 is 10.2 Å². The molecule has 0 spiro atoms. The predicted octanol–water partition coefficient (Wildman–Crippen LogP) is 3.20. The fourth-order valence-corrected chi connectivity index (χ4v) is 6.15. The molecule has 2 amide bonds. The van der Waals surface area contributed by atoms with Gasteiger partial charge in [0, 0.05) is 28.7 Å². The van der Waals surface area contributed by atoms with Crippen molar-refractivity contribution in [3.8, 4) is 0 Å². The highest BCUT2D eigenvalue weighted by Crippen LogP contribution is 2.37. The Morgan fingerprint density at radius 3 is 2.63 bits per heavy atom. The summed E-state index contributed by atoms with van der Waals surface area (Å²) in [5.74, 6) is -0.448. The topological polar surface area (TPSA) is 86.8 Å². The van der Waals surface area contributed by atoms with Gasteiger partial charge in [0.05, 0.1) is 16.3 Å². The first kappa shape index (κ1) is 21.2. The summed E-state index contributed by atoms with van der Waals surface area (Å²) in [5.41, 5.74) is 0.967. The number of hydrogen-bond donors (Lipinski definition) is 1. The number of anilines is 2. The van der Waals surface area contributed by atoms with E-state index in [-0.39, 0.29) is 23.1 Å². The van der Waals surface area contributed by atoms with Crippen molar-refractivity contribution in [2.45, 2.75) is 22.6 Å². The van der Waals surface area contributed by atoms with Gasteiger partial charge in [-0.3, -0.25) is 9.59 Å². The van der Waals surface area contributed by atoms with Crippen LogP contribution in [-0.2, 0) is 19.6 Å². The maximum Gasteiger partial charge on any atom is 0.244 e. The number of nitrogens with zero attached hydrogens (tertiary/aromatic N) is 2. The van der Waals surface area contributed by atoms with E-state index in [2.05, 4.69) is 5.32 Å². The highest BCUT2D eigenvalue weighted by molar-refractivity contribution is 8.00. The Balaban J connectivity index is 1.59. The zero-order valence-electron chi connectivity index (χ0n) is 16.0. The minimum absolute atomic E-state index is 0.138. The second-order valence-electron chi connectivity index (χ2n) is 7.07. The lowest BCUT2D eigenvalue weighted by Crippen LogP contribution is -2.41. The van der Waals surface area contributed by atoms with Gasteiger partial charge in [0.1, 0.15) is 6.54 Å². The smallest absolute Gasteiger partial charge is 0.244 e. The molecular weight excluding hydrogens is 446 g/mol. The van der Waals surface area contributed by atoms with Gasteiger partial charge < -0.3 is 10.2 Å². The Morgan fingerprint density at radius 1 is 1.13 bits per heavy atom. The zero-order chi connectivity index (χ0) is 21.3. The van der Waals surface area contributed by atoms with Gasteiger partial charge in [0.2, 0.25) is 21.8 Å². The monoisotopic (exact) mass is 465 g/mol. The Bertz CT molecular complexity index is 1100. The molecule has 10 heteroatoms. The maximum absolute atomic E-state index is 12.9. The third-order valence-corrected chi connectivity index (χ3v) is 8.16. The molecule has 1 N–H and O–H groups in total. The lowest BCUT2D eigenvalue weighted by molar-refractivity contribution is -0.120. The molecule has 2 aromatic rings. The molecule has 158 valence electrons. The van der Waals surface area contributed by atoms with Crippen LogP contribution in [0.1, 0.15) is 12.8 Å². The average Bonchev–Trinajstić information content (AvgIpc) is 3.25. The van der Waals surface area contributed by atoms with E-state index in [1.807, 2.05) is 0 Å². The van der Waals surface area contributed by atoms with Crippen LogP contribution in [0.2, 0.25) is 5.02 Å². The SMILES string of the molecule is O=C(CN1C(=O)CSc2ccc(S(=O)(=O)N3CCCC3)cc21)Nc1cccc(Cl)c1. The Kier molecular flexibility index (Phi) is 6.06. The first-order chi connectivity index (χ1) is 14.3. The van der Waals surface area contributed by atoms with E-state index in [1.165, 1.54) is 27.0 Å². The van der Waals surface area contributed by atoms with E-state index < -0.39 is 15.9 Å². The molecular formula is C20H20ClN3O4S2. The summed E-state index contributed by atoms with van der Waals surface area (Å²) in [6.07, 6.45) is 1.68. The van der Waals surface area contributed by atoms with Crippen LogP contribution in [0, 0.1) is 0 Å². The number of carbonyl (C=O) groups is 2. The summed E-state index contributed by atoms with van der Waals surface area (Å²) in [6.45, 7) is 0.782. The number of nitrogens with one attached hydrogen (secondary N) is 1. The molecule has 30 heavy (non-hydrogen) atoms. The molecule has 2 aliphatic rings. The van der Waals surface area contributed by atoms with Crippen LogP contribution >= 0.6 is 23.4 Å². The number of amides is 2. The van der Waals surface area contributed by atoms with E-state index in [1.54, 1.807) is 36.4 Å². The van der Waals surface area contributed by atoms with E-state index in [9.17, 15) is 18.0 Å². The first-order valence-corrected chi connectivity index (χ1v) is 12.3. The van der Waals surface area contributed by atoms with Crippen molar-refractivity contribution in [2.24, 2.45) is 0 Å². The number of carbonyl (C=O) groups excluding carboxylic acids is 2. The van der Waals surface area contributed by atoms with Crippen LogP contribution in [0.25, 0.3) is 0 Å². The molecule has 0 atom stereocenters.